The maximum atomic E-state index is 4.56. The molecule has 2 aliphatic rings. The molecule has 1 unspecified atom stereocenters. The monoisotopic (exact) mass is 252 g/mol. The molecule has 17 heavy (non-hydrogen) atoms. The Balaban J connectivity index is 1.49. The Bertz CT molecular complexity index is 374. The fraction of sp³-hybridized carbons (Fsp3) is 0.833. The second-order valence-electron chi connectivity index (χ2n) is 5.38. The van der Waals surface area contributed by atoms with Gasteiger partial charge in [-0.15, -0.1) is 0 Å². The molecule has 1 aliphatic carbocycles. The fourth-order valence-electron chi connectivity index (χ4n) is 2.49. The summed E-state index contributed by atoms with van der Waals surface area (Å²) in [5.41, 5.74) is 0. The molecule has 1 saturated carbocycles. The van der Waals surface area contributed by atoms with Crippen LogP contribution in [-0.2, 0) is 0 Å². The van der Waals surface area contributed by atoms with Gasteiger partial charge < -0.3 is 10.2 Å². The van der Waals surface area contributed by atoms with Crippen LogP contribution in [0.3, 0.4) is 0 Å². The number of aromatic nitrogens is 2. The van der Waals surface area contributed by atoms with Crippen LogP contribution in [0, 0.1) is 5.92 Å². The molecular formula is C12H20N4S. The summed E-state index contributed by atoms with van der Waals surface area (Å²) in [5.74, 6) is 2.50. The van der Waals surface area contributed by atoms with E-state index in [4.69, 9.17) is 0 Å². The molecule has 2 heterocycles. The molecule has 1 aromatic heterocycles. The lowest BCUT2D eigenvalue weighted by molar-refractivity contribution is 0.217. The third kappa shape index (κ3) is 2.96. The van der Waals surface area contributed by atoms with Crippen LogP contribution in [0.4, 0.5) is 5.13 Å². The van der Waals surface area contributed by atoms with E-state index in [0.29, 0.717) is 5.92 Å². The van der Waals surface area contributed by atoms with Crippen LogP contribution in [-0.4, -0.2) is 40.9 Å². The zero-order chi connectivity index (χ0) is 11.7. The summed E-state index contributed by atoms with van der Waals surface area (Å²) in [6, 6.07) is 0. The Morgan fingerprint density at radius 1 is 1.41 bits per heavy atom. The van der Waals surface area contributed by atoms with Crippen molar-refractivity contribution in [1.82, 2.24) is 14.3 Å². The Labute approximate surface area is 107 Å². The lowest BCUT2D eigenvalue weighted by Gasteiger charge is -2.29. The number of piperidine rings is 1. The van der Waals surface area contributed by atoms with Crippen molar-refractivity contribution in [1.29, 1.82) is 0 Å². The summed E-state index contributed by atoms with van der Waals surface area (Å²) < 4.78 is 4.41. The largest absolute Gasteiger partial charge is 0.360 e. The highest BCUT2D eigenvalue weighted by atomic mass is 32.1. The van der Waals surface area contributed by atoms with E-state index in [1.54, 1.807) is 0 Å². The van der Waals surface area contributed by atoms with Gasteiger partial charge in [0.1, 0.15) is 5.82 Å². The topological polar surface area (TPSA) is 41.0 Å². The normalized spacial score (nSPS) is 26.1. The van der Waals surface area contributed by atoms with E-state index < -0.39 is 0 Å². The van der Waals surface area contributed by atoms with Gasteiger partial charge in [-0.25, -0.2) is 4.98 Å². The van der Waals surface area contributed by atoms with Crippen molar-refractivity contribution in [2.75, 3.05) is 32.0 Å². The summed E-state index contributed by atoms with van der Waals surface area (Å²) in [5, 5.41) is 4.47. The predicted molar refractivity (Wildman–Crippen MR) is 70.6 cm³/mol. The minimum absolute atomic E-state index is 0.669. The SMILES string of the molecule is CN1CCCC(CNc2nc(C3CC3)ns2)C1. The summed E-state index contributed by atoms with van der Waals surface area (Å²) in [7, 11) is 2.21. The quantitative estimate of drug-likeness (QED) is 0.891. The maximum Gasteiger partial charge on any atom is 0.202 e. The average molecular weight is 252 g/mol. The first-order valence-corrected chi connectivity index (χ1v) is 7.34. The van der Waals surface area contributed by atoms with E-state index >= 15 is 0 Å². The molecule has 0 aromatic carbocycles. The first kappa shape index (κ1) is 11.4. The number of likely N-dealkylation sites (tertiary alicyclic amines) is 1. The minimum Gasteiger partial charge on any atom is -0.360 e. The van der Waals surface area contributed by atoms with Crippen molar-refractivity contribution < 1.29 is 0 Å². The van der Waals surface area contributed by atoms with E-state index in [-0.39, 0.29) is 0 Å². The molecule has 1 saturated heterocycles. The van der Waals surface area contributed by atoms with Gasteiger partial charge in [0.2, 0.25) is 5.13 Å². The molecule has 94 valence electrons. The predicted octanol–water partition coefficient (Wildman–Crippen LogP) is 2.17. The van der Waals surface area contributed by atoms with Crippen LogP contribution >= 0.6 is 11.5 Å². The van der Waals surface area contributed by atoms with Crippen molar-refractivity contribution >= 4 is 16.7 Å². The van der Waals surface area contributed by atoms with Crippen LogP contribution in [0.15, 0.2) is 0 Å². The van der Waals surface area contributed by atoms with E-state index in [1.165, 1.54) is 50.3 Å². The van der Waals surface area contributed by atoms with Gasteiger partial charge in [0, 0.05) is 30.5 Å². The minimum atomic E-state index is 0.669. The highest BCUT2D eigenvalue weighted by molar-refractivity contribution is 7.09. The smallest absolute Gasteiger partial charge is 0.202 e. The van der Waals surface area contributed by atoms with Crippen LogP contribution in [0.25, 0.3) is 0 Å². The van der Waals surface area contributed by atoms with Gasteiger partial charge in [0.25, 0.3) is 0 Å². The van der Waals surface area contributed by atoms with E-state index in [9.17, 15) is 0 Å². The third-order valence-electron chi connectivity index (χ3n) is 3.65. The molecular weight excluding hydrogens is 232 g/mol. The first-order valence-electron chi connectivity index (χ1n) is 6.57. The average Bonchev–Trinajstić information content (AvgIpc) is 3.07. The lowest BCUT2D eigenvalue weighted by atomic mass is 9.99. The van der Waals surface area contributed by atoms with Gasteiger partial charge in [-0.1, -0.05) is 0 Å². The van der Waals surface area contributed by atoms with Crippen molar-refractivity contribution in [2.45, 2.75) is 31.6 Å². The standard InChI is InChI=1S/C12H20N4S/c1-16-6-2-3-9(8-16)7-13-12-14-11(15-17-12)10-4-5-10/h9-10H,2-8H2,1H3,(H,13,14,15). The van der Waals surface area contributed by atoms with Gasteiger partial charge in [-0.05, 0) is 45.2 Å². The highest BCUT2D eigenvalue weighted by Gasteiger charge is 2.27. The Kier molecular flexibility index (Phi) is 3.29. The van der Waals surface area contributed by atoms with Crippen LogP contribution in [0.1, 0.15) is 37.4 Å². The maximum absolute atomic E-state index is 4.56. The first-order chi connectivity index (χ1) is 8.31. The van der Waals surface area contributed by atoms with Crippen molar-refractivity contribution in [3.05, 3.63) is 5.82 Å². The summed E-state index contributed by atoms with van der Waals surface area (Å²) in [4.78, 5) is 6.98. The molecule has 5 heteroatoms. The van der Waals surface area contributed by atoms with Crippen molar-refractivity contribution in [3.8, 4) is 0 Å². The fourth-order valence-corrected chi connectivity index (χ4v) is 3.14. The second-order valence-corrected chi connectivity index (χ2v) is 6.14. The lowest BCUT2D eigenvalue weighted by Crippen LogP contribution is -2.35. The molecule has 4 nitrogen and oxygen atoms in total. The summed E-state index contributed by atoms with van der Waals surface area (Å²) in [6.45, 7) is 3.51. The molecule has 1 N–H and O–H groups in total. The number of hydrogen-bond donors (Lipinski definition) is 1. The molecule has 1 atom stereocenters. The van der Waals surface area contributed by atoms with Crippen LogP contribution in [0.2, 0.25) is 0 Å². The van der Waals surface area contributed by atoms with Crippen LogP contribution < -0.4 is 5.32 Å². The molecule has 0 spiro atoms. The zero-order valence-corrected chi connectivity index (χ0v) is 11.2. The molecule has 0 bridgehead atoms. The zero-order valence-electron chi connectivity index (χ0n) is 10.4. The second kappa shape index (κ2) is 4.90. The summed E-state index contributed by atoms with van der Waals surface area (Å²) >= 11 is 1.52. The Morgan fingerprint density at radius 2 is 2.29 bits per heavy atom. The van der Waals surface area contributed by atoms with Crippen molar-refractivity contribution in [2.24, 2.45) is 5.92 Å². The number of rotatable bonds is 4. The third-order valence-corrected chi connectivity index (χ3v) is 4.34. The Morgan fingerprint density at radius 3 is 3.06 bits per heavy atom. The molecule has 2 fully saturated rings. The number of nitrogens with zero attached hydrogens (tertiary/aromatic N) is 3. The van der Waals surface area contributed by atoms with Crippen LogP contribution in [0.5, 0.6) is 0 Å². The molecule has 1 aliphatic heterocycles. The highest BCUT2D eigenvalue weighted by Crippen LogP contribution is 2.39. The van der Waals surface area contributed by atoms with Gasteiger partial charge in [-0.2, -0.15) is 4.37 Å². The number of anilines is 1. The molecule has 1 aromatic rings. The van der Waals surface area contributed by atoms with E-state index in [0.717, 1.165) is 23.4 Å². The van der Waals surface area contributed by atoms with E-state index in [1.807, 2.05) is 0 Å². The molecule has 0 radical (unpaired) electrons. The molecule has 0 amide bonds. The van der Waals surface area contributed by atoms with Crippen molar-refractivity contribution in [3.63, 3.8) is 0 Å². The van der Waals surface area contributed by atoms with Gasteiger partial charge >= 0.3 is 0 Å². The summed E-state index contributed by atoms with van der Waals surface area (Å²) in [6.07, 6.45) is 5.23. The molecule has 3 rings (SSSR count). The Hall–Kier alpha value is -0.680. The van der Waals surface area contributed by atoms with Gasteiger partial charge in [-0.3, -0.25) is 0 Å². The van der Waals surface area contributed by atoms with Gasteiger partial charge in [0.15, 0.2) is 0 Å². The van der Waals surface area contributed by atoms with Gasteiger partial charge in [0.05, 0.1) is 0 Å². The number of hydrogen-bond acceptors (Lipinski definition) is 5. The number of nitrogens with one attached hydrogen (secondary N) is 1. The van der Waals surface area contributed by atoms with E-state index in [2.05, 4.69) is 26.6 Å².